The highest BCUT2D eigenvalue weighted by Gasteiger charge is 2.16. The van der Waals surface area contributed by atoms with Crippen molar-refractivity contribution in [2.75, 3.05) is 25.3 Å². The Kier molecular flexibility index (Phi) is 6.44. The molecule has 142 valence electrons. The number of hydrogen-bond acceptors (Lipinski definition) is 7. The fraction of sp³-hybridized carbons (Fsp3) is 0.316. The Bertz CT molecular complexity index is 875. The fourth-order valence-electron chi connectivity index (χ4n) is 2.38. The molecule has 0 unspecified atom stereocenters. The number of nitrogens with zero attached hydrogens (tertiary/aromatic N) is 2. The molecule has 0 atom stereocenters. The molecule has 8 heteroatoms. The van der Waals surface area contributed by atoms with Gasteiger partial charge in [-0.2, -0.15) is 10.2 Å². The zero-order valence-corrected chi connectivity index (χ0v) is 15.7. The normalized spacial score (nSPS) is 10.2. The average molecular weight is 370 g/mol. The minimum Gasteiger partial charge on any atom is -0.497 e. The molecule has 0 aliphatic heterocycles. The van der Waals surface area contributed by atoms with Gasteiger partial charge in [0, 0.05) is 17.7 Å². The first-order chi connectivity index (χ1) is 12.9. The van der Waals surface area contributed by atoms with E-state index in [0.29, 0.717) is 17.1 Å². The molecule has 27 heavy (non-hydrogen) atoms. The van der Waals surface area contributed by atoms with Crippen molar-refractivity contribution in [1.82, 2.24) is 4.98 Å². The van der Waals surface area contributed by atoms with E-state index in [1.54, 1.807) is 39.2 Å². The fourth-order valence-corrected chi connectivity index (χ4v) is 2.38. The van der Waals surface area contributed by atoms with Gasteiger partial charge in [-0.25, -0.2) is 0 Å². The molecule has 2 rings (SSSR count). The van der Waals surface area contributed by atoms with Crippen molar-refractivity contribution in [2.45, 2.75) is 26.4 Å². The van der Waals surface area contributed by atoms with Crippen LogP contribution in [0.15, 0.2) is 24.3 Å². The SMILES string of the molecule is COc1ccc(CC(=O)Nc2cc(N)c(C#N)c(OC(C)C)n2)c(OC)c1. The molecule has 1 amide bonds. The van der Waals surface area contributed by atoms with Gasteiger partial charge in [0.25, 0.3) is 0 Å². The zero-order valence-electron chi connectivity index (χ0n) is 15.7. The Morgan fingerprint density at radius 3 is 2.63 bits per heavy atom. The molecule has 1 heterocycles. The lowest BCUT2D eigenvalue weighted by molar-refractivity contribution is -0.115. The number of carbonyl (C=O) groups is 1. The van der Waals surface area contributed by atoms with E-state index in [9.17, 15) is 10.1 Å². The second-order valence-electron chi connectivity index (χ2n) is 5.96. The van der Waals surface area contributed by atoms with Gasteiger partial charge in [0.2, 0.25) is 11.8 Å². The van der Waals surface area contributed by atoms with Gasteiger partial charge in [0.05, 0.1) is 32.4 Å². The van der Waals surface area contributed by atoms with E-state index < -0.39 is 0 Å². The number of nitriles is 1. The van der Waals surface area contributed by atoms with E-state index in [4.69, 9.17) is 19.9 Å². The monoisotopic (exact) mass is 370 g/mol. The van der Waals surface area contributed by atoms with E-state index in [1.807, 2.05) is 6.07 Å². The first-order valence-corrected chi connectivity index (χ1v) is 8.26. The molecule has 0 radical (unpaired) electrons. The minimum absolute atomic E-state index is 0.0646. The van der Waals surface area contributed by atoms with Crippen LogP contribution in [-0.2, 0) is 11.2 Å². The Balaban J connectivity index is 2.21. The van der Waals surface area contributed by atoms with Crippen molar-refractivity contribution >= 4 is 17.4 Å². The molecule has 0 aliphatic rings. The molecule has 0 spiro atoms. The maximum absolute atomic E-state index is 12.4. The van der Waals surface area contributed by atoms with Gasteiger partial charge in [-0.3, -0.25) is 4.79 Å². The highest BCUT2D eigenvalue weighted by Crippen LogP contribution is 2.27. The number of methoxy groups -OCH3 is 2. The van der Waals surface area contributed by atoms with Crippen LogP contribution >= 0.6 is 0 Å². The lowest BCUT2D eigenvalue weighted by Crippen LogP contribution is -2.17. The van der Waals surface area contributed by atoms with Crippen molar-refractivity contribution in [1.29, 1.82) is 5.26 Å². The first kappa shape index (κ1) is 19.8. The summed E-state index contributed by atoms with van der Waals surface area (Å²) in [5, 5.41) is 11.9. The van der Waals surface area contributed by atoms with Gasteiger partial charge in [0.15, 0.2) is 0 Å². The summed E-state index contributed by atoms with van der Waals surface area (Å²) in [7, 11) is 3.08. The first-order valence-electron chi connectivity index (χ1n) is 8.26. The van der Waals surface area contributed by atoms with Crippen LogP contribution in [0.1, 0.15) is 25.0 Å². The van der Waals surface area contributed by atoms with E-state index in [2.05, 4.69) is 10.3 Å². The average Bonchev–Trinajstić information content (AvgIpc) is 2.61. The molecule has 0 saturated heterocycles. The number of carbonyl (C=O) groups excluding carboxylic acids is 1. The lowest BCUT2D eigenvalue weighted by Gasteiger charge is -2.14. The third kappa shape index (κ3) is 5.01. The summed E-state index contributed by atoms with van der Waals surface area (Å²) in [6.07, 6.45) is -0.131. The molecule has 2 aromatic rings. The number of amides is 1. The summed E-state index contributed by atoms with van der Waals surface area (Å²) >= 11 is 0. The smallest absolute Gasteiger partial charge is 0.236 e. The third-order valence-electron chi connectivity index (χ3n) is 3.59. The highest BCUT2D eigenvalue weighted by molar-refractivity contribution is 5.92. The number of anilines is 2. The second kappa shape index (κ2) is 8.76. The topological polar surface area (TPSA) is 119 Å². The molecule has 0 saturated carbocycles. The maximum Gasteiger partial charge on any atom is 0.236 e. The molecule has 0 fully saturated rings. The Hall–Kier alpha value is -3.47. The van der Waals surface area contributed by atoms with Crippen molar-refractivity contribution < 1.29 is 19.0 Å². The van der Waals surface area contributed by atoms with Crippen LogP contribution in [0.3, 0.4) is 0 Å². The molecule has 0 bridgehead atoms. The minimum atomic E-state index is -0.314. The van der Waals surface area contributed by atoms with Crippen LogP contribution in [0.25, 0.3) is 0 Å². The summed E-state index contributed by atoms with van der Waals surface area (Å²) in [6, 6.07) is 8.59. The Labute approximate surface area is 157 Å². The van der Waals surface area contributed by atoms with Gasteiger partial charge in [-0.15, -0.1) is 0 Å². The van der Waals surface area contributed by atoms with Crippen LogP contribution in [0, 0.1) is 11.3 Å². The number of aromatic nitrogens is 1. The largest absolute Gasteiger partial charge is 0.497 e. The summed E-state index contributed by atoms with van der Waals surface area (Å²) in [4.78, 5) is 16.6. The second-order valence-corrected chi connectivity index (χ2v) is 5.96. The van der Waals surface area contributed by atoms with Gasteiger partial charge in [-0.1, -0.05) is 6.07 Å². The third-order valence-corrected chi connectivity index (χ3v) is 3.59. The maximum atomic E-state index is 12.4. The lowest BCUT2D eigenvalue weighted by atomic mass is 10.1. The number of nitrogens with two attached hydrogens (primary N) is 1. The number of pyridine rings is 1. The molecule has 0 aliphatic carbocycles. The standard InChI is InChI=1S/C19H22N4O4/c1-11(2)27-19-14(10-20)15(21)9-17(23-19)22-18(24)7-12-5-6-13(25-3)8-16(12)26-4/h5-6,8-9,11H,7H2,1-4H3,(H3,21,22,23,24). The van der Waals surface area contributed by atoms with Crippen molar-refractivity contribution in [2.24, 2.45) is 0 Å². The number of nitrogen functional groups attached to an aromatic ring is 1. The molecule has 8 nitrogen and oxygen atoms in total. The number of hydrogen-bond donors (Lipinski definition) is 2. The van der Waals surface area contributed by atoms with Gasteiger partial charge in [-0.05, 0) is 19.9 Å². The molecule has 1 aromatic heterocycles. The van der Waals surface area contributed by atoms with Crippen LogP contribution in [0.2, 0.25) is 0 Å². The van der Waals surface area contributed by atoms with Crippen molar-refractivity contribution in [3.8, 4) is 23.4 Å². The van der Waals surface area contributed by atoms with Gasteiger partial charge in [0.1, 0.15) is 28.9 Å². The summed E-state index contributed by atoms with van der Waals surface area (Å²) < 4.78 is 16.0. The van der Waals surface area contributed by atoms with Gasteiger partial charge >= 0.3 is 0 Å². The molecular formula is C19H22N4O4. The van der Waals surface area contributed by atoms with Crippen molar-refractivity contribution in [3.63, 3.8) is 0 Å². The van der Waals surface area contributed by atoms with E-state index in [0.717, 1.165) is 0 Å². The van der Waals surface area contributed by atoms with Gasteiger partial charge < -0.3 is 25.3 Å². The molecular weight excluding hydrogens is 348 g/mol. The molecule has 3 N–H and O–H groups in total. The summed E-state index contributed by atoms with van der Waals surface area (Å²) in [5.74, 6) is 1.16. The predicted molar refractivity (Wildman–Crippen MR) is 101 cm³/mol. The van der Waals surface area contributed by atoms with E-state index in [1.165, 1.54) is 13.2 Å². The Morgan fingerprint density at radius 2 is 2.04 bits per heavy atom. The van der Waals surface area contributed by atoms with E-state index >= 15 is 0 Å². The summed E-state index contributed by atoms with van der Waals surface area (Å²) in [5.41, 5.74) is 6.90. The van der Waals surface area contributed by atoms with Crippen LogP contribution in [0.4, 0.5) is 11.5 Å². The quantitative estimate of drug-likeness (QED) is 0.768. The molecule has 1 aromatic carbocycles. The Morgan fingerprint density at radius 1 is 1.30 bits per heavy atom. The number of benzene rings is 1. The van der Waals surface area contributed by atoms with Crippen LogP contribution < -0.4 is 25.3 Å². The van der Waals surface area contributed by atoms with E-state index in [-0.39, 0.29) is 41.4 Å². The zero-order chi connectivity index (χ0) is 20.0. The van der Waals surface area contributed by atoms with Crippen LogP contribution in [0.5, 0.6) is 17.4 Å². The van der Waals surface area contributed by atoms with Crippen molar-refractivity contribution in [3.05, 3.63) is 35.4 Å². The number of rotatable bonds is 7. The summed E-state index contributed by atoms with van der Waals surface area (Å²) in [6.45, 7) is 3.61. The highest BCUT2D eigenvalue weighted by atomic mass is 16.5. The number of ether oxygens (including phenoxy) is 3. The number of nitrogens with one attached hydrogen (secondary N) is 1. The van der Waals surface area contributed by atoms with Crippen LogP contribution in [-0.4, -0.2) is 31.2 Å². The predicted octanol–water partition coefficient (Wildman–Crippen LogP) is 2.52.